The summed E-state index contributed by atoms with van der Waals surface area (Å²) in [7, 11) is 0. The van der Waals surface area contributed by atoms with E-state index >= 15 is 0 Å². The molecule has 1 aromatic carbocycles. The Morgan fingerprint density at radius 1 is 1.21 bits per heavy atom. The lowest BCUT2D eigenvalue weighted by molar-refractivity contribution is 0.118. The van der Waals surface area contributed by atoms with Crippen LogP contribution in [0.2, 0.25) is 0 Å². The summed E-state index contributed by atoms with van der Waals surface area (Å²) in [6.07, 6.45) is 5.42. The van der Waals surface area contributed by atoms with Gasteiger partial charge in [-0.2, -0.15) is 0 Å². The third-order valence-electron chi connectivity index (χ3n) is 4.57. The van der Waals surface area contributed by atoms with Crippen LogP contribution in [0.3, 0.4) is 0 Å². The molecule has 1 N–H and O–H groups in total. The number of piperazine rings is 1. The summed E-state index contributed by atoms with van der Waals surface area (Å²) in [4.78, 5) is 2.75. The summed E-state index contributed by atoms with van der Waals surface area (Å²) >= 11 is 0. The van der Waals surface area contributed by atoms with E-state index in [-0.39, 0.29) is 0 Å². The maximum Gasteiger partial charge on any atom is 0.0249 e. The molecule has 0 bridgehead atoms. The van der Waals surface area contributed by atoms with Crippen LogP contribution in [0.5, 0.6) is 0 Å². The van der Waals surface area contributed by atoms with Crippen LogP contribution in [0.25, 0.3) is 0 Å². The van der Waals surface area contributed by atoms with Gasteiger partial charge in [0.2, 0.25) is 0 Å². The number of nitrogens with zero attached hydrogens (tertiary/aromatic N) is 1. The van der Waals surface area contributed by atoms with Gasteiger partial charge in [0, 0.05) is 25.2 Å². The highest BCUT2D eigenvalue weighted by Crippen LogP contribution is 2.36. The molecular formula is C17H26N2. The lowest BCUT2D eigenvalue weighted by Gasteiger charge is -2.39. The van der Waals surface area contributed by atoms with Crippen molar-refractivity contribution in [1.29, 1.82) is 0 Å². The Hall–Kier alpha value is -0.860. The largest absolute Gasteiger partial charge is 0.311 e. The maximum atomic E-state index is 3.65. The van der Waals surface area contributed by atoms with E-state index in [1.807, 2.05) is 0 Å². The van der Waals surface area contributed by atoms with Gasteiger partial charge in [-0.1, -0.05) is 30.3 Å². The molecule has 1 heterocycles. The molecule has 2 nitrogen and oxygen atoms in total. The van der Waals surface area contributed by atoms with Gasteiger partial charge in [0.05, 0.1) is 0 Å². The average Bonchev–Trinajstić information content (AvgIpc) is 3.25. The molecule has 104 valence electrons. The van der Waals surface area contributed by atoms with Crippen molar-refractivity contribution in [2.24, 2.45) is 5.92 Å². The Labute approximate surface area is 117 Å². The first-order valence-electron chi connectivity index (χ1n) is 7.84. The highest BCUT2D eigenvalue weighted by atomic mass is 15.2. The van der Waals surface area contributed by atoms with Gasteiger partial charge >= 0.3 is 0 Å². The summed E-state index contributed by atoms with van der Waals surface area (Å²) in [5, 5.41) is 3.65. The van der Waals surface area contributed by atoms with E-state index in [2.05, 4.69) is 47.5 Å². The van der Waals surface area contributed by atoms with E-state index in [0.29, 0.717) is 6.04 Å². The number of aryl methyl sites for hydroxylation is 1. The van der Waals surface area contributed by atoms with E-state index in [0.717, 1.165) is 12.0 Å². The van der Waals surface area contributed by atoms with Crippen LogP contribution in [0.4, 0.5) is 0 Å². The SMILES string of the molecule is CC1CN(CCCc2ccccc2)C(C2CC2)CN1. The zero-order valence-electron chi connectivity index (χ0n) is 12.0. The maximum absolute atomic E-state index is 3.65. The highest BCUT2D eigenvalue weighted by Gasteiger charge is 2.37. The van der Waals surface area contributed by atoms with Crippen molar-refractivity contribution in [2.45, 2.75) is 44.7 Å². The second-order valence-corrected chi connectivity index (χ2v) is 6.30. The molecule has 2 aliphatic rings. The lowest BCUT2D eigenvalue weighted by Crippen LogP contribution is -2.56. The van der Waals surface area contributed by atoms with Crippen LogP contribution in [0.15, 0.2) is 30.3 Å². The van der Waals surface area contributed by atoms with E-state index in [1.165, 1.54) is 50.9 Å². The minimum absolute atomic E-state index is 0.659. The van der Waals surface area contributed by atoms with E-state index in [9.17, 15) is 0 Å². The van der Waals surface area contributed by atoms with Crippen molar-refractivity contribution in [3.8, 4) is 0 Å². The van der Waals surface area contributed by atoms with Crippen LogP contribution in [-0.2, 0) is 6.42 Å². The number of rotatable bonds is 5. The second kappa shape index (κ2) is 6.06. The molecular weight excluding hydrogens is 232 g/mol. The smallest absolute Gasteiger partial charge is 0.0249 e. The zero-order chi connectivity index (χ0) is 13.1. The van der Waals surface area contributed by atoms with Gasteiger partial charge in [-0.25, -0.2) is 0 Å². The lowest BCUT2D eigenvalue weighted by atomic mass is 10.0. The van der Waals surface area contributed by atoms with Crippen LogP contribution >= 0.6 is 0 Å². The number of hydrogen-bond acceptors (Lipinski definition) is 2. The Morgan fingerprint density at radius 3 is 2.74 bits per heavy atom. The van der Waals surface area contributed by atoms with Gasteiger partial charge in [-0.15, -0.1) is 0 Å². The molecule has 2 heteroatoms. The van der Waals surface area contributed by atoms with Crippen LogP contribution in [-0.4, -0.2) is 36.6 Å². The Bertz CT molecular complexity index is 386. The van der Waals surface area contributed by atoms with Crippen molar-refractivity contribution < 1.29 is 0 Å². The summed E-state index contributed by atoms with van der Waals surface area (Å²) in [5.41, 5.74) is 1.48. The van der Waals surface area contributed by atoms with Crippen molar-refractivity contribution >= 4 is 0 Å². The Morgan fingerprint density at radius 2 is 2.00 bits per heavy atom. The predicted octanol–water partition coefficient (Wildman–Crippen LogP) is 2.69. The Balaban J connectivity index is 1.49. The highest BCUT2D eigenvalue weighted by molar-refractivity contribution is 5.14. The first-order valence-corrected chi connectivity index (χ1v) is 7.84. The number of benzene rings is 1. The zero-order valence-corrected chi connectivity index (χ0v) is 12.0. The molecule has 1 aromatic rings. The molecule has 2 fully saturated rings. The fraction of sp³-hybridized carbons (Fsp3) is 0.647. The number of hydrogen-bond donors (Lipinski definition) is 1. The Kier molecular flexibility index (Phi) is 4.19. The van der Waals surface area contributed by atoms with Crippen molar-refractivity contribution in [1.82, 2.24) is 10.2 Å². The number of nitrogens with one attached hydrogen (secondary N) is 1. The molecule has 1 saturated heterocycles. The minimum Gasteiger partial charge on any atom is -0.311 e. The first kappa shape index (κ1) is 13.1. The third kappa shape index (κ3) is 3.58. The molecule has 2 unspecified atom stereocenters. The van der Waals surface area contributed by atoms with Gasteiger partial charge in [0.25, 0.3) is 0 Å². The first-order chi connectivity index (χ1) is 9.33. The van der Waals surface area contributed by atoms with Crippen molar-refractivity contribution in [3.63, 3.8) is 0 Å². The van der Waals surface area contributed by atoms with Crippen LogP contribution < -0.4 is 5.32 Å². The normalized spacial score (nSPS) is 28.5. The second-order valence-electron chi connectivity index (χ2n) is 6.30. The van der Waals surface area contributed by atoms with Gasteiger partial charge in [0.1, 0.15) is 0 Å². The van der Waals surface area contributed by atoms with Crippen LogP contribution in [0, 0.1) is 5.92 Å². The molecule has 3 rings (SSSR count). The molecule has 2 atom stereocenters. The molecule has 0 radical (unpaired) electrons. The fourth-order valence-corrected chi connectivity index (χ4v) is 3.34. The summed E-state index contributed by atoms with van der Waals surface area (Å²) in [6.45, 7) is 6.02. The van der Waals surface area contributed by atoms with E-state index < -0.39 is 0 Å². The quantitative estimate of drug-likeness (QED) is 0.873. The average molecular weight is 258 g/mol. The topological polar surface area (TPSA) is 15.3 Å². The summed E-state index contributed by atoms with van der Waals surface area (Å²) in [5.74, 6) is 0.983. The van der Waals surface area contributed by atoms with Gasteiger partial charge in [-0.3, -0.25) is 4.90 Å². The summed E-state index contributed by atoms with van der Waals surface area (Å²) < 4.78 is 0. The van der Waals surface area contributed by atoms with Crippen molar-refractivity contribution in [3.05, 3.63) is 35.9 Å². The predicted molar refractivity (Wildman–Crippen MR) is 80.3 cm³/mol. The monoisotopic (exact) mass is 258 g/mol. The fourth-order valence-electron chi connectivity index (χ4n) is 3.34. The van der Waals surface area contributed by atoms with E-state index in [1.54, 1.807) is 0 Å². The molecule has 1 aliphatic carbocycles. The van der Waals surface area contributed by atoms with E-state index in [4.69, 9.17) is 0 Å². The molecule has 0 amide bonds. The van der Waals surface area contributed by atoms with Gasteiger partial charge in [-0.05, 0) is 50.6 Å². The molecule has 0 aromatic heterocycles. The summed E-state index contributed by atoms with van der Waals surface area (Å²) in [6, 6.07) is 12.4. The minimum atomic E-state index is 0.659. The molecule has 0 spiro atoms. The van der Waals surface area contributed by atoms with Crippen LogP contribution in [0.1, 0.15) is 31.7 Å². The van der Waals surface area contributed by atoms with Crippen molar-refractivity contribution in [2.75, 3.05) is 19.6 Å². The van der Waals surface area contributed by atoms with Gasteiger partial charge < -0.3 is 5.32 Å². The third-order valence-corrected chi connectivity index (χ3v) is 4.57. The standard InChI is InChI=1S/C17H26N2/c1-14-13-19(17(12-18-14)16-9-10-16)11-5-8-15-6-3-2-4-7-15/h2-4,6-7,14,16-18H,5,8-13H2,1H3. The van der Waals surface area contributed by atoms with Gasteiger partial charge in [0.15, 0.2) is 0 Å². The molecule has 1 aliphatic heterocycles. The molecule has 1 saturated carbocycles. The molecule has 19 heavy (non-hydrogen) atoms.